The first-order valence-corrected chi connectivity index (χ1v) is 8.75. The van der Waals surface area contributed by atoms with Crippen LogP contribution in [-0.2, 0) is 0 Å². The summed E-state index contributed by atoms with van der Waals surface area (Å²) in [4.78, 5) is 27.0. The SMILES string of the molecule is C=C/C(=C\N(C)N)n1nc(-c2ccc(Cl)cc2)cc(C(=O)N(C)CCO)c1=O. The first-order valence-electron chi connectivity index (χ1n) is 8.37. The number of benzene rings is 1. The third-order valence-corrected chi connectivity index (χ3v) is 4.11. The molecule has 0 spiro atoms. The van der Waals surface area contributed by atoms with Gasteiger partial charge in [-0.3, -0.25) is 9.59 Å². The highest BCUT2D eigenvalue weighted by molar-refractivity contribution is 6.30. The monoisotopic (exact) mass is 403 g/mol. The van der Waals surface area contributed by atoms with Crippen molar-refractivity contribution in [3.05, 3.63) is 70.1 Å². The molecule has 0 atom stereocenters. The molecular formula is C19H22ClN5O3. The second kappa shape index (κ2) is 9.32. The summed E-state index contributed by atoms with van der Waals surface area (Å²) in [7, 11) is 3.08. The second-order valence-electron chi connectivity index (χ2n) is 6.04. The quantitative estimate of drug-likeness (QED) is 0.411. The highest BCUT2D eigenvalue weighted by Gasteiger charge is 2.20. The van der Waals surface area contributed by atoms with Crippen molar-refractivity contribution in [2.24, 2.45) is 5.84 Å². The summed E-state index contributed by atoms with van der Waals surface area (Å²) in [5, 5.41) is 15.3. The van der Waals surface area contributed by atoms with Crippen molar-refractivity contribution in [3.63, 3.8) is 0 Å². The zero-order valence-electron chi connectivity index (χ0n) is 15.7. The highest BCUT2D eigenvalue weighted by Crippen LogP contribution is 2.20. The number of hydrogen-bond acceptors (Lipinski definition) is 6. The van der Waals surface area contributed by atoms with Crippen molar-refractivity contribution in [1.82, 2.24) is 19.7 Å². The van der Waals surface area contributed by atoms with Crippen molar-refractivity contribution in [2.45, 2.75) is 0 Å². The van der Waals surface area contributed by atoms with E-state index in [1.54, 1.807) is 31.3 Å². The maximum Gasteiger partial charge on any atom is 0.284 e. The molecule has 2 rings (SSSR count). The summed E-state index contributed by atoms with van der Waals surface area (Å²) in [6, 6.07) is 8.26. The molecule has 1 aromatic carbocycles. The van der Waals surface area contributed by atoms with Crippen molar-refractivity contribution in [3.8, 4) is 11.3 Å². The number of hydrogen-bond donors (Lipinski definition) is 2. The molecule has 28 heavy (non-hydrogen) atoms. The van der Waals surface area contributed by atoms with E-state index in [4.69, 9.17) is 22.6 Å². The summed E-state index contributed by atoms with van der Waals surface area (Å²) in [5.74, 6) is 5.12. The summed E-state index contributed by atoms with van der Waals surface area (Å²) in [5.41, 5.74) is 0.638. The molecule has 8 nitrogen and oxygen atoms in total. The van der Waals surface area contributed by atoms with E-state index in [0.717, 1.165) is 4.68 Å². The smallest absolute Gasteiger partial charge is 0.284 e. The first kappa shape index (κ1) is 21.4. The fraction of sp³-hybridized carbons (Fsp3) is 0.211. The minimum absolute atomic E-state index is 0.0898. The van der Waals surface area contributed by atoms with Gasteiger partial charge in [-0.1, -0.05) is 30.3 Å². The molecular weight excluding hydrogens is 382 g/mol. The number of aliphatic hydroxyl groups excluding tert-OH is 1. The van der Waals surface area contributed by atoms with E-state index in [-0.39, 0.29) is 18.7 Å². The van der Waals surface area contributed by atoms with E-state index >= 15 is 0 Å². The maximum absolute atomic E-state index is 13.0. The van der Waals surface area contributed by atoms with Crippen molar-refractivity contribution in [2.75, 3.05) is 27.2 Å². The van der Waals surface area contributed by atoms with Gasteiger partial charge in [-0.15, -0.1) is 0 Å². The number of nitrogens with zero attached hydrogens (tertiary/aromatic N) is 4. The van der Waals surface area contributed by atoms with Crippen LogP contribution in [-0.4, -0.2) is 57.9 Å². The van der Waals surface area contributed by atoms with Crippen LogP contribution in [0.5, 0.6) is 0 Å². The van der Waals surface area contributed by atoms with Gasteiger partial charge in [0.15, 0.2) is 0 Å². The number of carbonyl (C=O) groups is 1. The van der Waals surface area contributed by atoms with E-state index < -0.39 is 11.5 Å². The van der Waals surface area contributed by atoms with Crippen molar-refractivity contribution < 1.29 is 9.90 Å². The minimum Gasteiger partial charge on any atom is -0.395 e. The van der Waals surface area contributed by atoms with Gasteiger partial charge < -0.3 is 15.0 Å². The summed E-state index contributed by atoms with van der Waals surface area (Å²) in [6.07, 6.45) is 2.87. The molecule has 0 radical (unpaired) electrons. The summed E-state index contributed by atoms with van der Waals surface area (Å²) in [6.45, 7) is 3.56. The molecule has 2 aromatic rings. The van der Waals surface area contributed by atoms with Crippen LogP contribution >= 0.6 is 11.6 Å². The van der Waals surface area contributed by atoms with Crippen LogP contribution in [0, 0.1) is 0 Å². The fourth-order valence-electron chi connectivity index (χ4n) is 2.44. The molecule has 0 aliphatic carbocycles. The number of aromatic nitrogens is 2. The largest absolute Gasteiger partial charge is 0.395 e. The molecule has 0 saturated carbocycles. The van der Waals surface area contributed by atoms with Gasteiger partial charge in [0.25, 0.3) is 11.5 Å². The Morgan fingerprint density at radius 3 is 2.54 bits per heavy atom. The van der Waals surface area contributed by atoms with Crippen LogP contribution in [0.15, 0.2) is 54.0 Å². The van der Waals surface area contributed by atoms with Gasteiger partial charge >= 0.3 is 0 Å². The third-order valence-electron chi connectivity index (χ3n) is 3.85. The van der Waals surface area contributed by atoms with Crippen LogP contribution in [0.25, 0.3) is 17.0 Å². The van der Waals surface area contributed by atoms with Crippen LogP contribution in [0.4, 0.5) is 0 Å². The Labute approximate surface area is 167 Å². The van der Waals surface area contributed by atoms with Crippen LogP contribution in [0.3, 0.4) is 0 Å². The lowest BCUT2D eigenvalue weighted by atomic mass is 10.1. The Bertz CT molecular complexity index is 951. The Kier molecular flexibility index (Phi) is 7.11. The second-order valence-corrected chi connectivity index (χ2v) is 6.48. The molecule has 148 valence electrons. The predicted molar refractivity (Wildman–Crippen MR) is 109 cm³/mol. The van der Waals surface area contributed by atoms with E-state index in [9.17, 15) is 9.59 Å². The van der Waals surface area contributed by atoms with Gasteiger partial charge in [0.2, 0.25) is 0 Å². The highest BCUT2D eigenvalue weighted by atomic mass is 35.5. The van der Waals surface area contributed by atoms with E-state index in [0.29, 0.717) is 22.0 Å². The molecule has 1 amide bonds. The zero-order valence-corrected chi connectivity index (χ0v) is 16.4. The number of amides is 1. The molecule has 9 heteroatoms. The fourth-order valence-corrected chi connectivity index (χ4v) is 2.57. The lowest BCUT2D eigenvalue weighted by Gasteiger charge is -2.17. The number of aliphatic hydroxyl groups is 1. The van der Waals surface area contributed by atoms with Crippen LogP contribution < -0.4 is 11.4 Å². The molecule has 0 aliphatic rings. The van der Waals surface area contributed by atoms with Gasteiger partial charge in [-0.25, -0.2) is 5.84 Å². The maximum atomic E-state index is 13.0. The van der Waals surface area contributed by atoms with Gasteiger partial charge in [0.05, 0.1) is 18.0 Å². The van der Waals surface area contributed by atoms with Crippen molar-refractivity contribution in [1.29, 1.82) is 0 Å². The molecule has 3 N–H and O–H groups in total. The number of likely N-dealkylation sites (N-methyl/N-ethyl adjacent to an activating group) is 1. The molecule has 0 bridgehead atoms. The molecule has 1 heterocycles. The molecule has 0 saturated heterocycles. The number of nitrogens with two attached hydrogens (primary N) is 1. The molecule has 1 aromatic heterocycles. The number of hydrazine groups is 1. The average molecular weight is 404 g/mol. The standard InChI is InChI=1S/C19H22ClN5O3/c1-4-15(12-24(3)21)25-19(28)16(18(27)23(2)9-10-26)11-17(22-25)13-5-7-14(20)8-6-13/h4-8,11-12,26H,1,9-10,21H2,2-3H3/b15-12+. The number of carbonyl (C=O) groups excluding carboxylic acids is 1. The number of allylic oxidation sites excluding steroid dienone is 2. The van der Waals surface area contributed by atoms with Gasteiger partial charge in [0, 0.05) is 37.4 Å². The van der Waals surface area contributed by atoms with E-state index in [1.165, 1.54) is 35.3 Å². The van der Waals surface area contributed by atoms with Gasteiger partial charge in [-0.2, -0.15) is 9.78 Å². The van der Waals surface area contributed by atoms with Crippen LogP contribution in [0.1, 0.15) is 10.4 Å². The lowest BCUT2D eigenvalue weighted by molar-refractivity contribution is 0.0764. The van der Waals surface area contributed by atoms with E-state index in [2.05, 4.69) is 11.7 Å². The summed E-state index contributed by atoms with van der Waals surface area (Å²) >= 11 is 5.94. The van der Waals surface area contributed by atoms with E-state index in [1.807, 2.05) is 0 Å². The predicted octanol–water partition coefficient (Wildman–Crippen LogP) is 1.42. The normalized spacial score (nSPS) is 11.2. The molecule has 0 fully saturated rings. The van der Waals surface area contributed by atoms with Crippen LogP contribution in [0.2, 0.25) is 5.02 Å². The molecule has 0 unspecified atom stereocenters. The number of halogens is 1. The summed E-state index contributed by atoms with van der Waals surface area (Å²) < 4.78 is 1.07. The Morgan fingerprint density at radius 2 is 2.00 bits per heavy atom. The molecule has 0 aliphatic heterocycles. The topological polar surface area (TPSA) is 105 Å². The first-order chi connectivity index (χ1) is 13.3. The Morgan fingerprint density at radius 1 is 1.36 bits per heavy atom. The Hall–Kier alpha value is -2.94. The van der Waals surface area contributed by atoms with Gasteiger partial charge in [0.1, 0.15) is 5.56 Å². The average Bonchev–Trinajstić information content (AvgIpc) is 2.66. The zero-order chi connectivity index (χ0) is 20.8. The lowest BCUT2D eigenvalue weighted by Crippen LogP contribution is -2.37. The Balaban J connectivity index is 2.74. The van der Waals surface area contributed by atoms with Gasteiger partial charge in [-0.05, 0) is 24.3 Å². The van der Waals surface area contributed by atoms with Crippen molar-refractivity contribution >= 4 is 23.2 Å². The number of rotatable bonds is 7. The third kappa shape index (κ3) is 4.86. The minimum atomic E-state index is -0.625.